The summed E-state index contributed by atoms with van der Waals surface area (Å²) in [6.07, 6.45) is -1.54. The molecular weight excluding hydrogens is 257 g/mol. The third kappa shape index (κ3) is 13.8. The zero-order valence-corrected chi connectivity index (χ0v) is 10.4. The van der Waals surface area contributed by atoms with E-state index in [1.807, 2.05) is 5.01 Å². The summed E-state index contributed by atoms with van der Waals surface area (Å²) in [5, 5.41) is 1.89. The van der Waals surface area contributed by atoms with E-state index in [2.05, 4.69) is 0 Å². The molecule has 0 saturated carbocycles. The van der Waals surface area contributed by atoms with Crippen LogP contribution in [-0.4, -0.2) is 38.8 Å². The predicted octanol–water partition coefficient (Wildman–Crippen LogP) is 1.90. The fourth-order valence-corrected chi connectivity index (χ4v) is 1.71. The molecule has 1 aliphatic heterocycles. The summed E-state index contributed by atoms with van der Waals surface area (Å²) in [4.78, 5) is 0. The molecule has 1 saturated heterocycles. The molecule has 1 heterocycles. The number of nitrogens with zero attached hydrogens (tertiary/aromatic N) is 1. The van der Waals surface area contributed by atoms with Gasteiger partial charge in [0.15, 0.2) is 11.1 Å². The molecule has 1 rings (SSSR count). The first-order valence-corrected chi connectivity index (χ1v) is 6.72. The van der Waals surface area contributed by atoms with E-state index in [9.17, 15) is 17.4 Å². The van der Waals surface area contributed by atoms with Crippen molar-refractivity contribution in [2.24, 2.45) is 5.84 Å². The molecule has 0 aliphatic carbocycles. The van der Waals surface area contributed by atoms with Crippen LogP contribution < -0.4 is 5.84 Å². The first-order chi connectivity index (χ1) is 7.81. The zero-order valence-electron chi connectivity index (χ0n) is 9.58. The van der Waals surface area contributed by atoms with Crippen molar-refractivity contribution in [1.82, 2.24) is 5.01 Å². The Balaban J connectivity index is 0.000000318. The third-order valence-electron chi connectivity index (χ3n) is 2.17. The minimum Gasteiger partial charge on any atom is -0.306 e. The van der Waals surface area contributed by atoms with Crippen molar-refractivity contribution in [2.75, 3.05) is 18.8 Å². The van der Waals surface area contributed by atoms with Crippen LogP contribution >= 0.6 is 0 Å². The largest absolute Gasteiger partial charge is 0.389 e. The number of halogens is 3. The lowest BCUT2D eigenvalue weighted by atomic mass is 10.2. The highest BCUT2D eigenvalue weighted by Crippen LogP contribution is 2.20. The highest BCUT2D eigenvalue weighted by molar-refractivity contribution is 7.79. The summed E-state index contributed by atoms with van der Waals surface area (Å²) in [6.45, 7) is 2.19. The lowest BCUT2D eigenvalue weighted by Crippen LogP contribution is -2.35. The van der Waals surface area contributed by atoms with Gasteiger partial charge in [0, 0.05) is 25.3 Å². The standard InChI is InChI=1S/C5H12N2.C4H7F3O2S/c6-7-4-2-1-3-5-7;5-4(6,7)2-1-3-10(8)9/h1-6H2;1-3H2,(H,8,9). The van der Waals surface area contributed by atoms with Crippen molar-refractivity contribution in [2.45, 2.75) is 38.3 Å². The van der Waals surface area contributed by atoms with Crippen molar-refractivity contribution in [1.29, 1.82) is 0 Å². The van der Waals surface area contributed by atoms with Gasteiger partial charge < -0.3 is 4.55 Å². The lowest BCUT2D eigenvalue weighted by Gasteiger charge is -2.20. The summed E-state index contributed by atoms with van der Waals surface area (Å²) in [5.74, 6) is 5.16. The van der Waals surface area contributed by atoms with Gasteiger partial charge in [0.2, 0.25) is 0 Å². The second kappa shape index (κ2) is 8.84. The molecule has 4 nitrogen and oxygen atoms in total. The Morgan fingerprint density at radius 3 is 2.06 bits per heavy atom. The van der Waals surface area contributed by atoms with Crippen LogP contribution in [0.4, 0.5) is 13.2 Å². The first-order valence-electron chi connectivity index (χ1n) is 5.45. The average Bonchev–Trinajstić information content (AvgIpc) is 2.17. The van der Waals surface area contributed by atoms with Crippen LogP contribution in [0, 0.1) is 0 Å². The van der Waals surface area contributed by atoms with Crippen molar-refractivity contribution in [3.05, 3.63) is 0 Å². The van der Waals surface area contributed by atoms with E-state index in [0.29, 0.717) is 0 Å². The summed E-state index contributed by atoms with van der Waals surface area (Å²) in [6, 6.07) is 0. The van der Waals surface area contributed by atoms with Crippen molar-refractivity contribution >= 4 is 11.1 Å². The molecule has 8 heteroatoms. The SMILES string of the molecule is NN1CCCCC1.O=S(O)CCCC(F)(F)F. The van der Waals surface area contributed by atoms with E-state index in [1.165, 1.54) is 19.3 Å². The number of hydrogen-bond acceptors (Lipinski definition) is 3. The fourth-order valence-electron chi connectivity index (χ4n) is 1.31. The van der Waals surface area contributed by atoms with E-state index in [1.54, 1.807) is 0 Å². The second-order valence-electron chi connectivity index (χ2n) is 3.84. The normalized spacial score (nSPS) is 19.4. The van der Waals surface area contributed by atoms with Crippen LogP contribution in [0.3, 0.4) is 0 Å². The molecular formula is C9H19F3N2O2S. The summed E-state index contributed by atoms with van der Waals surface area (Å²) in [5.41, 5.74) is 0. The molecule has 3 N–H and O–H groups in total. The number of rotatable bonds is 3. The van der Waals surface area contributed by atoms with E-state index in [0.717, 1.165) is 13.1 Å². The van der Waals surface area contributed by atoms with Crippen LogP contribution in [-0.2, 0) is 11.1 Å². The topological polar surface area (TPSA) is 66.6 Å². The van der Waals surface area contributed by atoms with Gasteiger partial charge in [-0.15, -0.1) is 0 Å². The Bertz CT molecular complexity index is 221. The quantitative estimate of drug-likeness (QED) is 0.610. The van der Waals surface area contributed by atoms with Crippen LogP contribution in [0.1, 0.15) is 32.1 Å². The first kappa shape index (κ1) is 16.8. The van der Waals surface area contributed by atoms with Gasteiger partial charge in [-0.1, -0.05) is 6.42 Å². The Labute approximate surface area is 102 Å². The van der Waals surface area contributed by atoms with Crippen molar-refractivity contribution in [3.63, 3.8) is 0 Å². The van der Waals surface area contributed by atoms with Crippen LogP contribution in [0.2, 0.25) is 0 Å². The average molecular weight is 276 g/mol. The summed E-state index contributed by atoms with van der Waals surface area (Å²) < 4.78 is 51.9. The molecule has 1 unspecified atom stereocenters. The molecule has 1 atom stereocenters. The van der Waals surface area contributed by atoms with Gasteiger partial charge in [0.05, 0.1) is 0 Å². The molecule has 0 aromatic carbocycles. The zero-order chi connectivity index (χ0) is 13.3. The lowest BCUT2D eigenvalue weighted by molar-refractivity contribution is -0.134. The number of piperidine rings is 1. The van der Waals surface area contributed by atoms with Crippen molar-refractivity contribution < 1.29 is 21.9 Å². The van der Waals surface area contributed by atoms with Gasteiger partial charge in [0.25, 0.3) is 0 Å². The molecule has 0 bridgehead atoms. The Hall–Kier alpha value is -0.180. The Kier molecular flexibility index (Phi) is 8.75. The monoisotopic (exact) mass is 276 g/mol. The van der Waals surface area contributed by atoms with Crippen LogP contribution in [0.15, 0.2) is 0 Å². The van der Waals surface area contributed by atoms with E-state index < -0.39 is 23.7 Å². The third-order valence-corrected chi connectivity index (χ3v) is 2.81. The Morgan fingerprint density at radius 1 is 1.24 bits per heavy atom. The van der Waals surface area contributed by atoms with Gasteiger partial charge in [-0.3, -0.25) is 5.84 Å². The number of hydrogen-bond donors (Lipinski definition) is 2. The molecule has 0 amide bonds. The van der Waals surface area contributed by atoms with Crippen LogP contribution in [0.25, 0.3) is 0 Å². The highest BCUT2D eigenvalue weighted by Gasteiger charge is 2.26. The highest BCUT2D eigenvalue weighted by atomic mass is 32.2. The van der Waals surface area contributed by atoms with Gasteiger partial charge in [0.1, 0.15) is 0 Å². The Morgan fingerprint density at radius 2 is 1.76 bits per heavy atom. The maximum atomic E-state index is 11.3. The molecule has 1 fully saturated rings. The molecule has 0 aromatic heterocycles. The molecule has 0 spiro atoms. The van der Waals surface area contributed by atoms with E-state index in [-0.39, 0.29) is 12.2 Å². The predicted molar refractivity (Wildman–Crippen MR) is 60.5 cm³/mol. The second-order valence-corrected chi connectivity index (χ2v) is 4.89. The number of nitrogens with two attached hydrogens (primary N) is 1. The molecule has 0 radical (unpaired) electrons. The van der Waals surface area contributed by atoms with Gasteiger partial charge >= 0.3 is 6.18 Å². The van der Waals surface area contributed by atoms with Crippen molar-refractivity contribution in [3.8, 4) is 0 Å². The molecule has 104 valence electrons. The van der Waals surface area contributed by atoms with Gasteiger partial charge in [-0.25, -0.2) is 9.22 Å². The van der Waals surface area contributed by atoms with Gasteiger partial charge in [-0.2, -0.15) is 13.2 Å². The van der Waals surface area contributed by atoms with E-state index in [4.69, 9.17) is 10.4 Å². The number of hydrazine groups is 1. The summed E-state index contributed by atoms with van der Waals surface area (Å²) in [7, 11) is 0. The van der Waals surface area contributed by atoms with E-state index >= 15 is 0 Å². The molecule has 1 aliphatic rings. The molecule has 17 heavy (non-hydrogen) atoms. The summed E-state index contributed by atoms with van der Waals surface area (Å²) >= 11 is -2.10. The minimum atomic E-state index is -4.21. The fraction of sp³-hybridized carbons (Fsp3) is 1.00. The van der Waals surface area contributed by atoms with Gasteiger partial charge in [-0.05, 0) is 19.3 Å². The maximum Gasteiger partial charge on any atom is 0.389 e. The van der Waals surface area contributed by atoms with Crippen LogP contribution in [0.5, 0.6) is 0 Å². The number of alkyl halides is 3. The smallest absolute Gasteiger partial charge is 0.306 e. The maximum absolute atomic E-state index is 11.3. The minimum absolute atomic E-state index is 0.285. The molecule has 0 aromatic rings.